The second-order valence-electron chi connectivity index (χ2n) is 5.79. The molecular weight excluding hydrogens is 278 g/mol. The molecule has 0 unspecified atom stereocenters. The molecule has 0 aliphatic carbocycles. The maximum Gasteiger partial charge on any atom is 0.289 e. The van der Waals surface area contributed by atoms with E-state index in [4.69, 9.17) is 4.52 Å². The maximum absolute atomic E-state index is 12.0. The van der Waals surface area contributed by atoms with Gasteiger partial charge in [0.05, 0.1) is 5.69 Å². The van der Waals surface area contributed by atoms with Crippen LogP contribution >= 0.6 is 0 Å². The van der Waals surface area contributed by atoms with Gasteiger partial charge in [-0.05, 0) is 24.5 Å². The first-order valence-electron chi connectivity index (χ1n) is 7.56. The quantitative estimate of drug-likeness (QED) is 0.854. The molecule has 1 aromatic carbocycles. The summed E-state index contributed by atoms with van der Waals surface area (Å²) >= 11 is 0. The van der Waals surface area contributed by atoms with E-state index in [-0.39, 0.29) is 11.7 Å². The number of anilines is 1. The van der Waals surface area contributed by atoms with Gasteiger partial charge in [0.2, 0.25) is 5.76 Å². The molecule has 118 valence electrons. The summed E-state index contributed by atoms with van der Waals surface area (Å²) in [6.07, 6.45) is 0.813. The van der Waals surface area contributed by atoms with Gasteiger partial charge in [0.1, 0.15) is 0 Å². The van der Waals surface area contributed by atoms with Gasteiger partial charge in [-0.3, -0.25) is 4.79 Å². The van der Waals surface area contributed by atoms with E-state index in [2.05, 4.69) is 29.2 Å². The summed E-state index contributed by atoms with van der Waals surface area (Å²) in [6.45, 7) is 5.48. The van der Waals surface area contributed by atoms with Crippen molar-refractivity contribution in [1.29, 1.82) is 0 Å². The average molecular weight is 301 g/mol. The van der Waals surface area contributed by atoms with E-state index < -0.39 is 0 Å². The Kier molecular flexibility index (Phi) is 5.58. The SMILES string of the molecule is CC(C)Cc1cc(C(=O)NCCN(C)c2ccccc2)on1. The highest BCUT2D eigenvalue weighted by Gasteiger charge is 2.13. The van der Waals surface area contributed by atoms with Crippen LogP contribution in [0.5, 0.6) is 0 Å². The van der Waals surface area contributed by atoms with Crippen LogP contribution in [0.25, 0.3) is 0 Å². The number of nitrogens with one attached hydrogen (secondary N) is 1. The molecule has 1 aromatic heterocycles. The van der Waals surface area contributed by atoms with Gasteiger partial charge in [-0.15, -0.1) is 0 Å². The number of hydrogen-bond donors (Lipinski definition) is 1. The summed E-state index contributed by atoms with van der Waals surface area (Å²) in [5.41, 5.74) is 1.94. The highest BCUT2D eigenvalue weighted by atomic mass is 16.5. The van der Waals surface area contributed by atoms with Gasteiger partial charge in [0.25, 0.3) is 5.91 Å². The second-order valence-corrected chi connectivity index (χ2v) is 5.79. The fraction of sp³-hybridized carbons (Fsp3) is 0.412. The Morgan fingerprint density at radius 2 is 2.05 bits per heavy atom. The van der Waals surface area contributed by atoms with Crippen molar-refractivity contribution in [3.63, 3.8) is 0 Å². The van der Waals surface area contributed by atoms with Crippen LogP contribution in [0.15, 0.2) is 40.9 Å². The molecule has 0 fully saturated rings. The molecule has 0 atom stereocenters. The first kappa shape index (κ1) is 16.1. The number of rotatable bonds is 7. The van der Waals surface area contributed by atoms with Gasteiger partial charge in [0.15, 0.2) is 0 Å². The van der Waals surface area contributed by atoms with Crippen LogP contribution in [0.4, 0.5) is 5.69 Å². The van der Waals surface area contributed by atoms with Crippen molar-refractivity contribution in [2.24, 2.45) is 5.92 Å². The minimum Gasteiger partial charge on any atom is -0.373 e. The Balaban J connectivity index is 1.79. The molecule has 0 spiro atoms. The summed E-state index contributed by atoms with van der Waals surface area (Å²) in [7, 11) is 2.00. The van der Waals surface area contributed by atoms with Gasteiger partial charge in [0, 0.05) is 31.9 Å². The third-order valence-corrected chi connectivity index (χ3v) is 3.33. The fourth-order valence-corrected chi connectivity index (χ4v) is 2.17. The third kappa shape index (κ3) is 4.62. The van der Waals surface area contributed by atoms with Crippen molar-refractivity contribution in [3.05, 3.63) is 47.9 Å². The van der Waals surface area contributed by atoms with Crippen LogP contribution in [-0.4, -0.2) is 31.2 Å². The second kappa shape index (κ2) is 7.64. The highest BCUT2D eigenvalue weighted by molar-refractivity contribution is 5.91. The Bertz CT molecular complexity index is 593. The number of hydrogen-bond acceptors (Lipinski definition) is 4. The van der Waals surface area contributed by atoms with Crippen molar-refractivity contribution in [2.45, 2.75) is 20.3 Å². The molecule has 1 heterocycles. The summed E-state index contributed by atoms with van der Waals surface area (Å²) in [6, 6.07) is 11.8. The molecule has 2 rings (SSSR count). The van der Waals surface area contributed by atoms with Gasteiger partial charge in [-0.25, -0.2) is 0 Å². The largest absolute Gasteiger partial charge is 0.373 e. The van der Waals surface area contributed by atoms with E-state index in [0.717, 1.165) is 24.3 Å². The molecule has 0 aliphatic rings. The number of likely N-dealkylation sites (N-methyl/N-ethyl adjacent to an activating group) is 1. The van der Waals surface area contributed by atoms with Gasteiger partial charge in [-0.1, -0.05) is 37.2 Å². The van der Waals surface area contributed by atoms with E-state index in [0.29, 0.717) is 12.5 Å². The monoisotopic (exact) mass is 301 g/mol. The molecule has 5 nitrogen and oxygen atoms in total. The number of carbonyl (C=O) groups is 1. The number of aromatic nitrogens is 1. The zero-order valence-corrected chi connectivity index (χ0v) is 13.4. The first-order chi connectivity index (χ1) is 10.6. The smallest absolute Gasteiger partial charge is 0.289 e. The van der Waals surface area contributed by atoms with Gasteiger partial charge >= 0.3 is 0 Å². The molecule has 0 saturated carbocycles. The molecule has 1 N–H and O–H groups in total. The highest BCUT2D eigenvalue weighted by Crippen LogP contribution is 2.10. The maximum atomic E-state index is 12.0. The number of benzene rings is 1. The van der Waals surface area contributed by atoms with Crippen molar-refractivity contribution >= 4 is 11.6 Å². The average Bonchev–Trinajstić information content (AvgIpc) is 2.95. The molecule has 1 amide bonds. The van der Waals surface area contributed by atoms with Crippen LogP contribution in [0.3, 0.4) is 0 Å². The van der Waals surface area contributed by atoms with Gasteiger partial charge < -0.3 is 14.7 Å². The summed E-state index contributed by atoms with van der Waals surface area (Å²) in [4.78, 5) is 14.1. The first-order valence-corrected chi connectivity index (χ1v) is 7.56. The normalized spacial score (nSPS) is 10.7. The molecule has 2 aromatic rings. The zero-order valence-electron chi connectivity index (χ0n) is 13.4. The van der Waals surface area contributed by atoms with Crippen LogP contribution in [0, 0.1) is 5.92 Å². The Morgan fingerprint density at radius 1 is 1.32 bits per heavy atom. The summed E-state index contributed by atoms with van der Waals surface area (Å²) in [5, 5.41) is 6.77. The van der Waals surface area contributed by atoms with Crippen molar-refractivity contribution in [2.75, 3.05) is 25.0 Å². The molecular formula is C17H23N3O2. The standard InChI is InChI=1S/C17H23N3O2/c1-13(2)11-14-12-16(22-19-14)17(21)18-9-10-20(3)15-7-5-4-6-8-15/h4-8,12-13H,9-11H2,1-3H3,(H,18,21). The Hall–Kier alpha value is -2.30. The molecule has 5 heteroatoms. The van der Waals surface area contributed by atoms with Crippen molar-refractivity contribution in [1.82, 2.24) is 10.5 Å². The number of para-hydroxylation sites is 1. The minimum atomic E-state index is -0.219. The van der Waals surface area contributed by atoms with Crippen LogP contribution in [-0.2, 0) is 6.42 Å². The summed E-state index contributed by atoms with van der Waals surface area (Å²) in [5.74, 6) is 0.544. The molecule has 0 saturated heterocycles. The van der Waals surface area contributed by atoms with E-state index >= 15 is 0 Å². The van der Waals surface area contributed by atoms with E-state index in [1.165, 1.54) is 0 Å². The molecule has 0 bridgehead atoms. The van der Waals surface area contributed by atoms with E-state index in [1.54, 1.807) is 6.07 Å². The number of amides is 1. The molecule has 0 aliphatic heterocycles. The predicted molar refractivity (Wildman–Crippen MR) is 87.1 cm³/mol. The number of carbonyl (C=O) groups excluding carboxylic acids is 1. The van der Waals surface area contributed by atoms with E-state index in [1.807, 2.05) is 37.4 Å². The van der Waals surface area contributed by atoms with Crippen molar-refractivity contribution in [3.8, 4) is 0 Å². The summed E-state index contributed by atoms with van der Waals surface area (Å²) < 4.78 is 5.09. The lowest BCUT2D eigenvalue weighted by Gasteiger charge is -2.19. The minimum absolute atomic E-state index is 0.219. The van der Waals surface area contributed by atoms with Crippen LogP contribution in [0.2, 0.25) is 0 Å². The molecule has 0 radical (unpaired) electrons. The van der Waals surface area contributed by atoms with E-state index in [9.17, 15) is 4.79 Å². The Labute approximate surface area is 131 Å². The third-order valence-electron chi connectivity index (χ3n) is 3.33. The Morgan fingerprint density at radius 3 is 2.73 bits per heavy atom. The number of nitrogens with zero attached hydrogens (tertiary/aromatic N) is 2. The zero-order chi connectivity index (χ0) is 15.9. The lowest BCUT2D eigenvalue weighted by molar-refractivity contribution is 0.0918. The lowest BCUT2D eigenvalue weighted by Crippen LogP contribution is -2.32. The molecule has 22 heavy (non-hydrogen) atoms. The van der Waals surface area contributed by atoms with Gasteiger partial charge in [-0.2, -0.15) is 0 Å². The van der Waals surface area contributed by atoms with Crippen LogP contribution in [0.1, 0.15) is 30.1 Å². The van der Waals surface area contributed by atoms with Crippen molar-refractivity contribution < 1.29 is 9.32 Å². The lowest BCUT2D eigenvalue weighted by atomic mass is 10.1. The van der Waals surface area contributed by atoms with Crippen LogP contribution < -0.4 is 10.2 Å². The predicted octanol–water partition coefficient (Wildman–Crippen LogP) is 2.74. The fourth-order valence-electron chi connectivity index (χ4n) is 2.17. The topological polar surface area (TPSA) is 58.4 Å².